The maximum atomic E-state index is 14.2. The van der Waals surface area contributed by atoms with Gasteiger partial charge in [0.15, 0.2) is 0 Å². The normalized spacial score (nSPS) is 16.1. The Kier molecular flexibility index (Phi) is 4.23. The zero-order valence-electron chi connectivity index (χ0n) is 11.1. The summed E-state index contributed by atoms with van der Waals surface area (Å²) in [6.07, 6.45) is -0.794. The van der Waals surface area contributed by atoms with Crippen LogP contribution in [0, 0.1) is 5.92 Å². The second-order valence-corrected chi connectivity index (χ2v) is 5.20. The highest BCUT2D eigenvalue weighted by molar-refractivity contribution is 5.66. The van der Waals surface area contributed by atoms with Crippen molar-refractivity contribution in [3.8, 4) is 0 Å². The van der Waals surface area contributed by atoms with Crippen molar-refractivity contribution in [2.45, 2.75) is 18.8 Å². The molecule has 0 atom stereocenters. The van der Waals surface area contributed by atoms with Crippen LogP contribution in [-0.4, -0.2) is 35.7 Å². The van der Waals surface area contributed by atoms with Gasteiger partial charge in [-0.1, -0.05) is 18.2 Å². The molecule has 1 fully saturated rings. The van der Waals surface area contributed by atoms with Gasteiger partial charge in [-0.25, -0.2) is 13.6 Å². The quantitative estimate of drug-likeness (QED) is 0.871. The highest BCUT2D eigenvalue weighted by atomic mass is 19.3. The summed E-state index contributed by atoms with van der Waals surface area (Å²) in [5.74, 6) is -3.21. The first-order chi connectivity index (χ1) is 9.42. The van der Waals surface area contributed by atoms with E-state index in [4.69, 9.17) is 10.8 Å². The van der Waals surface area contributed by atoms with Crippen molar-refractivity contribution in [1.29, 1.82) is 0 Å². The Hall–Kier alpha value is -1.69. The molecule has 2 rings (SSSR count). The van der Waals surface area contributed by atoms with Gasteiger partial charge in [0.05, 0.1) is 0 Å². The molecule has 1 saturated heterocycles. The van der Waals surface area contributed by atoms with Gasteiger partial charge >= 0.3 is 6.09 Å². The molecule has 0 aliphatic carbocycles. The van der Waals surface area contributed by atoms with Gasteiger partial charge < -0.3 is 15.7 Å². The average Bonchev–Trinajstić information content (AvgIpc) is 2.34. The highest BCUT2D eigenvalue weighted by Crippen LogP contribution is 2.37. The Morgan fingerprint density at radius 2 is 2.15 bits per heavy atom. The topological polar surface area (TPSA) is 66.6 Å². The molecule has 3 N–H and O–H groups in total. The zero-order chi connectivity index (χ0) is 14.8. The van der Waals surface area contributed by atoms with Crippen molar-refractivity contribution < 1.29 is 18.7 Å². The molecule has 0 radical (unpaired) electrons. The second-order valence-electron chi connectivity index (χ2n) is 5.20. The first-order valence-electron chi connectivity index (χ1n) is 6.57. The fourth-order valence-electron chi connectivity index (χ4n) is 2.46. The first-order valence-corrected chi connectivity index (χ1v) is 6.57. The molecular weight excluding hydrogens is 266 g/mol. The molecule has 20 heavy (non-hydrogen) atoms. The molecule has 0 unspecified atom stereocenters. The summed E-state index contributed by atoms with van der Waals surface area (Å²) in [5, 5.41) is 8.69. The number of benzene rings is 1. The van der Waals surface area contributed by atoms with E-state index in [-0.39, 0.29) is 31.0 Å². The highest BCUT2D eigenvalue weighted by Gasteiger charge is 2.40. The van der Waals surface area contributed by atoms with Crippen LogP contribution >= 0.6 is 0 Å². The third-order valence-electron chi connectivity index (χ3n) is 3.56. The third kappa shape index (κ3) is 3.25. The molecular formula is C14H18F2N2O2. The lowest BCUT2D eigenvalue weighted by Gasteiger charge is -2.38. The van der Waals surface area contributed by atoms with Gasteiger partial charge in [0.25, 0.3) is 5.92 Å². The fourth-order valence-corrected chi connectivity index (χ4v) is 2.46. The number of rotatable bonds is 5. The summed E-state index contributed by atoms with van der Waals surface area (Å²) < 4.78 is 28.4. The van der Waals surface area contributed by atoms with Crippen LogP contribution < -0.4 is 5.73 Å². The largest absolute Gasteiger partial charge is 0.465 e. The van der Waals surface area contributed by atoms with Gasteiger partial charge in [0.2, 0.25) is 0 Å². The maximum absolute atomic E-state index is 14.2. The van der Waals surface area contributed by atoms with Crippen LogP contribution in [0.5, 0.6) is 0 Å². The van der Waals surface area contributed by atoms with E-state index in [0.29, 0.717) is 13.0 Å². The minimum absolute atomic E-state index is 0.0165. The maximum Gasteiger partial charge on any atom is 0.407 e. The number of alkyl halides is 2. The van der Waals surface area contributed by atoms with Gasteiger partial charge in [0.1, 0.15) is 0 Å². The molecule has 1 amide bonds. The molecule has 0 saturated carbocycles. The molecule has 4 nitrogen and oxygen atoms in total. The minimum Gasteiger partial charge on any atom is -0.465 e. The first kappa shape index (κ1) is 14.7. The van der Waals surface area contributed by atoms with Gasteiger partial charge in [-0.3, -0.25) is 0 Å². The lowest BCUT2D eigenvalue weighted by atomic mass is 9.90. The minimum atomic E-state index is -2.93. The lowest BCUT2D eigenvalue weighted by Crippen LogP contribution is -2.50. The average molecular weight is 284 g/mol. The zero-order valence-corrected chi connectivity index (χ0v) is 11.1. The summed E-state index contributed by atoms with van der Waals surface area (Å²) >= 11 is 0. The van der Waals surface area contributed by atoms with Crippen LogP contribution in [0.3, 0.4) is 0 Å². The molecule has 0 bridgehead atoms. The number of carbonyl (C=O) groups is 1. The summed E-state index contributed by atoms with van der Waals surface area (Å²) in [5.41, 5.74) is 6.21. The smallest absolute Gasteiger partial charge is 0.407 e. The van der Waals surface area contributed by atoms with Crippen LogP contribution in [0.1, 0.15) is 17.5 Å². The van der Waals surface area contributed by atoms with Crippen LogP contribution in [0.15, 0.2) is 24.3 Å². The van der Waals surface area contributed by atoms with E-state index in [9.17, 15) is 13.6 Å². The Morgan fingerprint density at radius 1 is 1.45 bits per heavy atom. The lowest BCUT2D eigenvalue weighted by molar-refractivity contribution is -0.0528. The molecule has 1 aliphatic heterocycles. The van der Waals surface area contributed by atoms with E-state index in [1.165, 1.54) is 12.1 Å². The number of nitrogens with two attached hydrogens (primary N) is 1. The van der Waals surface area contributed by atoms with E-state index in [1.807, 2.05) is 0 Å². The Morgan fingerprint density at radius 3 is 2.75 bits per heavy atom. The van der Waals surface area contributed by atoms with Crippen molar-refractivity contribution in [3.63, 3.8) is 0 Å². The van der Waals surface area contributed by atoms with Crippen molar-refractivity contribution in [1.82, 2.24) is 4.90 Å². The molecule has 0 aromatic heterocycles. The van der Waals surface area contributed by atoms with Crippen LogP contribution in [0.4, 0.5) is 13.6 Å². The van der Waals surface area contributed by atoms with E-state index in [2.05, 4.69) is 0 Å². The molecule has 1 heterocycles. The molecule has 6 heteroatoms. The number of amides is 1. The van der Waals surface area contributed by atoms with E-state index in [0.717, 1.165) is 10.5 Å². The Balaban J connectivity index is 1.99. The number of nitrogens with zero attached hydrogens (tertiary/aromatic N) is 1. The number of carboxylic acid groups (broad SMARTS) is 1. The number of hydrogen-bond acceptors (Lipinski definition) is 2. The van der Waals surface area contributed by atoms with E-state index in [1.54, 1.807) is 12.1 Å². The molecule has 1 aliphatic rings. The van der Waals surface area contributed by atoms with Gasteiger partial charge in [-0.2, -0.15) is 0 Å². The predicted octanol–water partition coefficient (Wildman–Crippen LogP) is 2.28. The second kappa shape index (κ2) is 5.75. The molecule has 1 aromatic rings. The SMILES string of the molecule is NCCc1cccc(C(F)(F)CC2CN(C(=O)O)C2)c1. The summed E-state index contributed by atoms with van der Waals surface area (Å²) in [6, 6.07) is 6.29. The number of likely N-dealkylation sites (tertiary alicyclic amines) is 1. The van der Waals surface area contributed by atoms with E-state index < -0.39 is 12.0 Å². The van der Waals surface area contributed by atoms with Crippen molar-refractivity contribution in [3.05, 3.63) is 35.4 Å². The monoisotopic (exact) mass is 284 g/mol. The number of hydrogen-bond donors (Lipinski definition) is 2. The third-order valence-corrected chi connectivity index (χ3v) is 3.56. The van der Waals surface area contributed by atoms with Crippen molar-refractivity contribution in [2.75, 3.05) is 19.6 Å². The van der Waals surface area contributed by atoms with Crippen LogP contribution in [0.25, 0.3) is 0 Å². The Labute approximate surface area is 116 Å². The molecule has 110 valence electrons. The van der Waals surface area contributed by atoms with Crippen molar-refractivity contribution >= 4 is 6.09 Å². The summed E-state index contributed by atoms with van der Waals surface area (Å²) in [6.45, 7) is 0.798. The fraction of sp³-hybridized carbons (Fsp3) is 0.500. The molecule has 1 aromatic carbocycles. The van der Waals surface area contributed by atoms with Crippen LogP contribution in [0.2, 0.25) is 0 Å². The standard InChI is InChI=1S/C14H18F2N2O2/c15-14(16,7-11-8-18(9-11)13(19)20)12-3-1-2-10(6-12)4-5-17/h1-3,6,11H,4-5,7-9,17H2,(H,19,20). The van der Waals surface area contributed by atoms with Crippen LogP contribution in [-0.2, 0) is 12.3 Å². The van der Waals surface area contributed by atoms with Gasteiger partial charge in [-0.15, -0.1) is 0 Å². The molecule has 0 spiro atoms. The van der Waals surface area contributed by atoms with Crippen molar-refractivity contribution in [2.24, 2.45) is 11.7 Å². The van der Waals surface area contributed by atoms with Gasteiger partial charge in [0, 0.05) is 31.0 Å². The predicted molar refractivity (Wildman–Crippen MR) is 70.8 cm³/mol. The summed E-state index contributed by atoms with van der Waals surface area (Å²) in [7, 11) is 0. The Bertz CT molecular complexity index is 488. The van der Waals surface area contributed by atoms with Gasteiger partial charge in [-0.05, 0) is 24.6 Å². The van der Waals surface area contributed by atoms with E-state index >= 15 is 0 Å². The summed E-state index contributed by atoms with van der Waals surface area (Å²) in [4.78, 5) is 11.8. The number of halogens is 2.